The lowest BCUT2D eigenvalue weighted by Crippen LogP contribution is -2.25. The van der Waals surface area contributed by atoms with Gasteiger partial charge in [-0.3, -0.25) is 4.79 Å². The summed E-state index contributed by atoms with van der Waals surface area (Å²) in [5.41, 5.74) is 0.992. The second kappa shape index (κ2) is 7.67. The monoisotopic (exact) mass is 295 g/mol. The molecule has 0 aliphatic heterocycles. The van der Waals surface area contributed by atoms with E-state index in [1.165, 1.54) is 0 Å². The molecule has 1 aromatic rings. The van der Waals surface area contributed by atoms with Crippen molar-refractivity contribution < 1.29 is 14.3 Å². The smallest absolute Gasteiger partial charge is 0.221 e. The van der Waals surface area contributed by atoms with E-state index in [0.717, 1.165) is 29.1 Å². The zero-order valence-electron chi connectivity index (χ0n) is 11.9. The Labute approximate surface area is 124 Å². The summed E-state index contributed by atoms with van der Waals surface area (Å²) in [4.78, 5) is 12.7. The quantitative estimate of drug-likeness (QED) is 0.592. The van der Waals surface area contributed by atoms with Gasteiger partial charge in [0.05, 0.1) is 0 Å². The van der Waals surface area contributed by atoms with E-state index in [-0.39, 0.29) is 12.2 Å². The van der Waals surface area contributed by atoms with Crippen LogP contribution in [0.2, 0.25) is 0 Å². The Morgan fingerprint density at radius 3 is 2.50 bits per heavy atom. The van der Waals surface area contributed by atoms with E-state index in [9.17, 15) is 4.79 Å². The predicted molar refractivity (Wildman–Crippen MR) is 79.7 cm³/mol. The molecule has 0 aromatic heterocycles. The molecule has 0 spiro atoms. The maximum Gasteiger partial charge on any atom is 0.221 e. The molecule has 0 heterocycles. The minimum atomic E-state index is -0.321. The predicted octanol–water partition coefficient (Wildman–Crippen LogP) is 2.74. The summed E-state index contributed by atoms with van der Waals surface area (Å²) in [6.07, 6.45) is 2.53. The van der Waals surface area contributed by atoms with Gasteiger partial charge in [-0.05, 0) is 25.0 Å². The number of thioether (sulfide) groups is 1. The van der Waals surface area contributed by atoms with Crippen molar-refractivity contribution in [2.24, 2.45) is 0 Å². The van der Waals surface area contributed by atoms with Crippen LogP contribution in [-0.4, -0.2) is 31.9 Å². The van der Waals surface area contributed by atoms with Crippen LogP contribution in [0.4, 0.5) is 0 Å². The van der Waals surface area contributed by atoms with Gasteiger partial charge in [0.1, 0.15) is 0 Å². The van der Waals surface area contributed by atoms with Crippen molar-refractivity contribution in [3.05, 3.63) is 29.8 Å². The number of hydrogen-bond donors (Lipinski definition) is 1. The van der Waals surface area contributed by atoms with Gasteiger partial charge in [0.2, 0.25) is 5.91 Å². The molecule has 110 valence electrons. The summed E-state index contributed by atoms with van der Waals surface area (Å²) in [6.45, 7) is 0. The standard InChI is InChI=1S/C15H21NO3S/c1-18-15(19-2)11-3-7-13(8-4-11)20-10-9-14(17)16-12-5-6-12/h3-4,7-8,12,15H,5-6,9-10H2,1-2H3,(H,16,17). The van der Waals surface area contributed by atoms with Gasteiger partial charge >= 0.3 is 0 Å². The average Bonchev–Trinajstić information content (AvgIpc) is 3.26. The highest BCUT2D eigenvalue weighted by Gasteiger charge is 2.22. The van der Waals surface area contributed by atoms with E-state index >= 15 is 0 Å². The molecule has 1 N–H and O–H groups in total. The molecule has 1 aromatic carbocycles. The second-order valence-corrected chi connectivity index (χ2v) is 5.98. The maximum atomic E-state index is 11.5. The van der Waals surface area contributed by atoms with Crippen molar-refractivity contribution in [2.45, 2.75) is 36.5 Å². The summed E-state index contributed by atoms with van der Waals surface area (Å²) in [6, 6.07) is 8.49. The highest BCUT2D eigenvalue weighted by Crippen LogP contribution is 2.24. The molecule has 0 unspecified atom stereocenters. The summed E-state index contributed by atoms with van der Waals surface area (Å²) in [5.74, 6) is 0.964. The molecule has 0 saturated heterocycles. The van der Waals surface area contributed by atoms with E-state index in [4.69, 9.17) is 9.47 Å². The molecule has 0 bridgehead atoms. The van der Waals surface area contributed by atoms with Gasteiger partial charge in [0.15, 0.2) is 6.29 Å². The number of carbonyl (C=O) groups is 1. The topological polar surface area (TPSA) is 47.6 Å². The number of hydrogen-bond acceptors (Lipinski definition) is 4. The first-order valence-electron chi connectivity index (χ1n) is 6.80. The van der Waals surface area contributed by atoms with E-state index in [2.05, 4.69) is 5.32 Å². The molecule has 1 saturated carbocycles. The third kappa shape index (κ3) is 4.81. The van der Waals surface area contributed by atoms with Gasteiger partial charge in [0.25, 0.3) is 0 Å². The number of nitrogens with one attached hydrogen (secondary N) is 1. The molecular formula is C15H21NO3S. The van der Waals surface area contributed by atoms with Crippen LogP contribution in [0.25, 0.3) is 0 Å². The van der Waals surface area contributed by atoms with Gasteiger partial charge in [0, 0.05) is 42.9 Å². The largest absolute Gasteiger partial charge is 0.353 e. The molecule has 1 amide bonds. The Kier molecular flexibility index (Phi) is 5.88. The van der Waals surface area contributed by atoms with E-state index in [1.54, 1.807) is 26.0 Å². The van der Waals surface area contributed by atoms with Crippen molar-refractivity contribution in [2.75, 3.05) is 20.0 Å². The molecule has 2 rings (SSSR count). The second-order valence-electron chi connectivity index (χ2n) is 4.81. The van der Waals surface area contributed by atoms with Crippen LogP contribution in [0, 0.1) is 0 Å². The van der Waals surface area contributed by atoms with Crippen LogP contribution in [0.3, 0.4) is 0 Å². The molecule has 1 aliphatic rings. The highest BCUT2D eigenvalue weighted by molar-refractivity contribution is 7.99. The molecule has 0 atom stereocenters. The molecule has 0 radical (unpaired) electrons. The van der Waals surface area contributed by atoms with Crippen LogP contribution in [-0.2, 0) is 14.3 Å². The first-order valence-corrected chi connectivity index (χ1v) is 7.79. The summed E-state index contributed by atoms with van der Waals surface area (Å²) in [5, 5.41) is 2.99. The minimum Gasteiger partial charge on any atom is -0.353 e. The van der Waals surface area contributed by atoms with Gasteiger partial charge in [-0.15, -0.1) is 11.8 Å². The van der Waals surface area contributed by atoms with E-state index in [1.807, 2.05) is 24.3 Å². The van der Waals surface area contributed by atoms with Gasteiger partial charge in [-0.1, -0.05) is 12.1 Å². The maximum absolute atomic E-state index is 11.5. The first kappa shape index (κ1) is 15.4. The summed E-state index contributed by atoms with van der Waals surface area (Å²) < 4.78 is 10.4. The zero-order chi connectivity index (χ0) is 14.4. The lowest BCUT2D eigenvalue weighted by atomic mass is 10.2. The molecule has 1 fully saturated rings. The van der Waals surface area contributed by atoms with Crippen LogP contribution in [0.5, 0.6) is 0 Å². The van der Waals surface area contributed by atoms with E-state index in [0.29, 0.717) is 12.5 Å². The molecule has 4 nitrogen and oxygen atoms in total. The van der Waals surface area contributed by atoms with Crippen molar-refractivity contribution in [1.29, 1.82) is 0 Å². The number of amides is 1. The van der Waals surface area contributed by atoms with Gasteiger partial charge < -0.3 is 14.8 Å². The van der Waals surface area contributed by atoms with Crippen LogP contribution < -0.4 is 5.32 Å². The third-order valence-corrected chi connectivity index (χ3v) is 4.13. The van der Waals surface area contributed by atoms with E-state index < -0.39 is 0 Å². The number of ether oxygens (including phenoxy) is 2. The zero-order valence-corrected chi connectivity index (χ0v) is 12.7. The fraction of sp³-hybridized carbons (Fsp3) is 0.533. The van der Waals surface area contributed by atoms with Crippen molar-refractivity contribution in [3.63, 3.8) is 0 Å². The Morgan fingerprint density at radius 1 is 1.30 bits per heavy atom. The molecular weight excluding hydrogens is 274 g/mol. The average molecular weight is 295 g/mol. The Morgan fingerprint density at radius 2 is 1.95 bits per heavy atom. The minimum absolute atomic E-state index is 0.162. The normalized spacial score (nSPS) is 14.6. The number of methoxy groups -OCH3 is 2. The fourth-order valence-electron chi connectivity index (χ4n) is 1.88. The fourth-order valence-corrected chi connectivity index (χ4v) is 2.73. The molecule has 1 aliphatic carbocycles. The Bertz CT molecular complexity index is 427. The number of rotatable bonds is 8. The Hall–Kier alpha value is -1.04. The van der Waals surface area contributed by atoms with Crippen molar-refractivity contribution in [3.8, 4) is 0 Å². The first-order chi connectivity index (χ1) is 9.72. The lowest BCUT2D eigenvalue weighted by Gasteiger charge is -2.13. The van der Waals surface area contributed by atoms with Crippen LogP contribution >= 0.6 is 11.8 Å². The SMILES string of the molecule is COC(OC)c1ccc(SCCC(=O)NC2CC2)cc1. The number of benzene rings is 1. The highest BCUT2D eigenvalue weighted by atomic mass is 32.2. The molecule has 20 heavy (non-hydrogen) atoms. The van der Waals surface area contributed by atoms with Crippen molar-refractivity contribution >= 4 is 17.7 Å². The lowest BCUT2D eigenvalue weighted by molar-refractivity contribution is -0.120. The van der Waals surface area contributed by atoms with Crippen molar-refractivity contribution in [1.82, 2.24) is 5.32 Å². The third-order valence-electron chi connectivity index (χ3n) is 3.12. The van der Waals surface area contributed by atoms with Gasteiger partial charge in [-0.2, -0.15) is 0 Å². The Balaban J connectivity index is 1.74. The molecule has 5 heteroatoms. The van der Waals surface area contributed by atoms with Crippen LogP contribution in [0.1, 0.15) is 31.1 Å². The van der Waals surface area contributed by atoms with Crippen LogP contribution in [0.15, 0.2) is 29.2 Å². The number of carbonyl (C=O) groups excluding carboxylic acids is 1. The van der Waals surface area contributed by atoms with Gasteiger partial charge in [-0.25, -0.2) is 0 Å². The summed E-state index contributed by atoms with van der Waals surface area (Å²) in [7, 11) is 3.24. The summed E-state index contributed by atoms with van der Waals surface area (Å²) >= 11 is 1.69.